The van der Waals surface area contributed by atoms with Crippen molar-refractivity contribution in [2.24, 2.45) is 0 Å². The van der Waals surface area contributed by atoms with E-state index in [1.807, 2.05) is 6.07 Å². The first-order valence-electron chi connectivity index (χ1n) is 6.89. The Morgan fingerprint density at radius 2 is 2.05 bits per heavy atom. The minimum atomic E-state index is 0.212. The van der Waals surface area contributed by atoms with Gasteiger partial charge in [-0.3, -0.25) is 0 Å². The maximum Gasteiger partial charge on any atom is 0.119 e. The Balaban J connectivity index is 2.40. The van der Waals surface area contributed by atoms with Gasteiger partial charge in [-0.2, -0.15) is 0 Å². The summed E-state index contributed by atoms with van der Waals surface area (Å²) in [5.74, 6) is 0.902. The zero-order valence-corrected chi connectivity index (χ0v) is 16.4. The van der Waals surface area contributed by atoms with Crippen LogP contribution in [-0.4, -0.2) is 13.7 Å². The van der Waals surface area contributed by atoms with Crippen LogP contribution in [0.3, 0.4) is 0 Å². The number of ether oxygens (including phenoxy) is 1. The lowest BCUT2D eigenvalue weighted by Gasteiger charge is -2.20. The topological polar surface area (TPSA) is 21.3 Å². The van der Waals surface area contributed by atoms with Gasteiger partial charge in [0.2, 0.25) is 0 Å². The van der Waals surface area contributed by atoms with Gasteiger partial charge in [-0.15, -0.1) is 11.3 Å². The molecule has 1 heterocycles. The van der Waals surface area contributed by atoms with E-state index < -0.39 is 0 Å². The van der Waals surface area contributed by atoms with Gasteiger partial charge in [0.15, 0.2) is 0 Å². The van der Waals surface area contributed by atoms with Gasteiger partial charge in [0, 0.05) is 9.35 Å². The van der Waals surface area contributed by atoms with Gasteiger partial charge in [0.05, 0.1) is 16.9 Å². The molecule has 0 radical (unpaired) electrons. The Kier molecular flexibility index (Phi) is 6.29. The van der Waals surface area contributed by atoms with Crippen LogP contribution in [0.15, 0.2) is 32.5 Å². The van der Waals surface area contributed by atoms with E-state index in [9.17, 15) is 0 Å². The number of rotatable bonds is 6. The molecule has 21 heavy (non-hydrogen) atoms. The van der Waals surface area contributed by atoms with E-state index in [4.69, 9.17) is 4.74 Å². The van der Waals surface area contributed by atoms with Crippen LogP contribution in [0.4, 0.5) is 0 Å². The number of methoxy groups -OCH3 is 1. The molecule has 1 N–H and O–H groups in total. The first-order chi connectivity index (χ1) is 10.1. The van der Waals surface area contributed by atoms with Gasteiger partial charge >= 0.3 is 0 Å². The maximum atomic E-state index is 5.31. The van der Waals surface area contributed by atoms with Crippen LogP contribution in [0.5, 0.6) is 5.75 Å². The first-order valence-corrected chi connectivity index (χ1v) is 9.29. The van der Waals surface area contributed by atoms with Crippen molar-refractivity contribution in [3.8, 4) is 5.75 Å². The number of thiophene rings is 1. The molecule has 1 aromatic carbocycles. The summed E-state index contributed by atoms with van der Waals surface area (Å²) in [6, 6.07) is 8.67. The van der Waals surface area contributed by atoms with Crippen molar-refractivity contribution in [1.29, 1.82) is 0 Å². The fourth-order valence-corrected chi connectivity index (χ4v) is 4.44. The van der Waals surface area contributed by atoms with E-state index in [1.54, 1.807) is 18.4 Å². The predicted octanol–water partition coefficient (Wildman–Crippen LogP) is 5.68. The largest absolute Gasteiger partial charge is 0.497 e. The van der Waals surface area contributed by atoms with Crippen molar-refractivity contribution in [1.82, 2.24) is 5.32 Å². The number of aryl methyl sites for hydroxylation is 1. The van der Waals surface area contributed by atoms with Crippen LogP contribution < -0.4 is 10.1 Å². The number of nitrogens with one attached hydrogen (secondary N) is 1. The molecule has 2 aromatic rings. The lowest BCUT2D eigenvalue weighted by Crippen LogP contribution is -2.23. The van der Waals surface area contributed by atoms with Crippen molar-refractivity contribution in [2.45, 2.75) is 26.3 Å². The summed E-state index contributed by atoms with van der Waals surface area (Å²) in [6.07, 6.45) is 1.11. The molecule has 1 unspecified atom stereocenters. The third kappa shape index (κ3) is 4.09. The van der Waals surface area contributed by atoms with E-state index in [0.29, 0.717) is 0 Å². The predicted molar refractivity (Wildman–Crippen MR) is 97.6 cm³/mol. The standard InChI is InChI=1S/C16H19Br2NOS/c1-4-7-19-15(14-9-13(17)16(18)21-14)12-6-5-11(20-3)8-10(12)2/h5-6,8-9,15,19H,4,7H2,1-3H3. The van der Waals surface area contributed by atoms with Gasteiger partial charge in [0.25, 0.3) is 0 Å². The summed E-state index contributed by atoms with van der Waals surface area (Å²) in [4.78, 5) is 1.30. The molecule has 1 atom stereocenters. The molecule has 0 spiro atoms. The minimum absolute atomic E-state index is 0.212. The van der Waals surface area contributed by atoms with Gasteiger partial charge in [-0.05, 0) is 81.1 Å². The molecule has 0 saturated carbocycles. The summed E-state index contributed by atoms with van der Waals surface area (Å²) in [6.45, 7) is 5.31. The van der Waals surface area contributed by atoms with E-state index in [-0.39, 0.29) is 6.04 Å². The van der Waals surface area contributed by atoms with E-state index in [1.165, 1.54) is 16.0 Å². The second-order valence-corrected chi connectivity index (χ2v) is 8.14. The number of benzene rings is 1. The Hall–Kier alpha value is -0.360. The SMILES string of the molecule is CCCNC(c1cc(Br)c(Br)s1)c1ccc(OC)cc1C. The highest BCUT2D eigenvalue weighted by molar-refractivity contribution is 9.13. The molecule has 0 amide bonds. The second kappa shape index (κ2) is 7.77. The Bertz CT molecular complexity index is 593. The molecule has 0 bridgehead atoms. The number of hydrogen-bond donors (Lipinski definition) is 1. The van der Waals surface area contributed by atoms with Crippen LogP contribution in [0.2, 0.25) is 0 Å². The molecule has 0 aliphatic rings. The zero-order chi connectivity index (χ0) is 15.4. The number of halogens is 2. The third-order valence-corrected chi connectivity index (χ3v) is 6.66. The summed E-state index contributed by atoms with van der Waals surface area (Å²) in [5, 5.41) is 3.65. The van der Waals surface area contributed by atoms with E-state index in [0.717, 1.165) is 27.0 Å². The molecule has 2 rings (SSSR count). The highest BCUT2D eigenvalue weighted by Gasteiger charge is 2.19. The average Bonchev–Trinajstić information content (AvgIpc) is 2.80. The van der Waals surface area contributed by atoms with Crippen LogP contribution in [0.25, 0.3) is 0 Å². The second-order valence-electron chi connectivity index (χ2n) is 4.88. The monoisotopic (exact) mass is 431 g/mol. The quantitative estimate of drug-likeness (QED) is 0.633. The number of hydrogen-bond acceptors (Lipinski definition) is 3. The summed E-state index contributed by atoms with van der Waals surface area (Å²) >= 11 is 8.93. The minimum Gasteiger partial charge on any atom is -0.497 e. The van der Waals surface area contributed by atoms with Crippen molar-refractivity contribution >= 4 is 43.2 Å². The average molecular weight is 433 g/mol. The third-order valence-electron chi connectivity index (χ3n) is 3.34. The molecule has 0 saturated heterocycles. The lowest BCUT2D eigenvalue weighted by atomic mass is 9.99. The van der Waals surface area contributed by atoms with Gasteiger partial charge in [0.1, 0.15) is 5.75 Å². The van der Waals surface area contributed by atoms with Crippen molar-refractivity contribution in [3.05, 3.63) is 48.5 Å². The maximum absolute atomic E-state index is 5.31. The van der Waals surface area contributed by atoms with E-state index in [2.05, 4.69) is 69.2 Å². The molecule has 0 aliphatic heterocycles. The molecule has 2 nitrogen and oxygen atoms in total. The van der Waals surface area contributed by atoms with Gasteiger partial charge in [-0.25, -0.2) is 0 Å². The lowest BCUT2D eigenvalue weighted by molar-refractivity contribution is 0.414. The molecule has 0 aliphatic carbocycles. The fourth-order valence-electron chi connectivity index (χ4n) is 2.26. The van der Waals surface area contributed by atoms with Crippen LogP contribution in [-0.2, 0) is 0 Å². The van der Waals surface area contributed by atoms with Gasteiger partial charge in [-0.1, -0.05) is 13.0 Å². The first kappa shape index (κ1) is 17.0. The molecular formula is C16H19Br2NOS. The Labute approximate surface area is 147 Å². The fraction of sp³-hybridized carbons (Fsp3) is 0.375. The summed E-state index contributed by atoms with van der Waals surface area (Å²) in [5.41, 5.74) is 2.54. The molecular weight excluding hydrogens is 414 g/mol. The van der Waals surface area contributed by atoms with Crippen LogP contribution in [0, 0.1) is 6.92 Å². The molecule has 114 valence electrons. The molecule has 5 heteroatoms. The Morgan fingerprint density at radius 3 is 2.57 bits per heavy atom. The zero-order valence-electron chi connectivity index (χ0n) is 12.4. The molecule has 1 aromatic heterocycles. The van der Waals surface area contributed by atoms with Crippen molar-refractivity contribution < 1.29 is 4.74 Å². The van der Waals surface area contributed by atoms with Crippen LogP contribution in [0.1, 0.15) is 35.4 Å². The van der Waals surface area contributed by atoms with E-state index >= 15 is 0 Å². The highest BCUT2D eigenvalue weighted by atomic mass is 79.9. The van der Waals surface area contributed by atoms with Crippen molar-refractivity contribution in [2.75, 3.05) is 13.7 Å². The highest BCUT2D eigenvalue weighted by Crippen LogP contribution is 2.38. The Morgan fingerprint density at radius 1 is 1.29 bits per heavy atom. The van der Waals surface area contributed by atoms with Crippen LogP contribution >= 0.6 is 43.2 Å². The smallest absolute Gasteiger partial charge is 0.119 e. The summed E-state index contributed by atoms with van der Waals surface area (Å²) in [7, 11) is 1.70. The molecule has 0 fully saturated rings. The summed E-state index contributed by atoms with van der Waals surface area (Å²) < 4.78 is 7.55. The van der Waals surface area contributed by atoms with Gasteiger partial charge < -0.3 is 10.1 Å². The van der Waals surface area contributed by atoms with Crippen molar-refractivity contribution in [3.63, 3.8) is 0 Å². The normalized spacial score (nSPS) is 12.4.